The zero-order chi connectivity index (χ0) is 31.5. The first kappa shape index (κ1) is 34.1. The van der Waals surface area contributed by atoms with Gasteiger partial charge < -0.3 is 19.7 Å². The molecule has 0 saturated carbocycles. The van der Waals surface area contributed by atoms with E-state index in [1.54, 1.807) is 60.7 Å². The minimum atomic E-state index is -2.51. The van der Waals surface area contributed by atoms with Gasteiger partial charge in [-0.25, -0.2) is 10.9 Å². The second-order valence-corrected chi connectivity index (χ2v) is 8.50. The number of ether oxygens (including phenoxy) is 2. The summed E-state index contributed by atoms with van der Waals surface area (Å²) in [4.78, 5) is 31.1. The van der Waals surface area contributed by atoms with Gasteiger partial charge in [-0.05, 0) is 48.5 Å². The average molecular weight is 815 g/mol. The topological polar surface area (TPSA) is 207 Å². The summed E-state index contributed by atoms with van der Waals surface area (Å²) in [5, 5.41) is 23.4. The van der Waals surface area contributed by atoms with E-state index in [0.717, 1.165) is 0 Å². The van der Waals surface area contributed by atoms with Crippen molar-refractivity contribution in [2.75, 3.05) is 14.2 Å². The van der Waals surface area contributed by atoms with E-state index >= 15 is 0 Å². The Labute approximate surface area is 260 Å². The van der Waals surface area contributed by atoms with E-state index in [2.05, 4.69) is 31.0 Å². The van der Waals surface area contributed by atoms with Gasteiger partial charge in [0.05, 0.1) is 37.8 Å². The number of nitrogens with one attached hydrogen (secondary N) is 2. The van der Waals surface area contributed by atoms with E-state index in [9.17, 15) is 9.59 Å². The van der Waals surface area contributed by atoms with Crippen LogP contribution in [0.4, 0.5) is 0 Å². The molecule has 15 heteroatoms. The van der Waals surface area contributed by atoms with E-state index in [1.165, 1.54) is 51.4 Å². The Kier molecular flexibility index (Phi) is 15.1. The van der Waals surface area contributed by atoms with Gasteiger partial charge in [0.2, 0.25) is 11.5 Å². The molecule has 0 fully saturated rings. The molecule has 0 aliphatic carbocycles. The van der Waals surface area contributed by atoms with Gasteiger partial charge in [-0.1, -0.05) is 12.1 Å². The molecule has 43 heavy (non-hydrogen) atoms. The average Bonchev–Trinajstić information content (AvgIpc) is 3.04. The SMILES string of the molecule is COc1cccc(C=NNC(=O)c2ccncc2)c1[OH2+].COc1cccc(C=NNC(=O)c2ccncc2)c1[OH2+].[O]=[U]=[O]. The second kappa shape index (κ2) is 19.1. The van der Waals surface area contributed by atoms with Gasteiger partial charge in [0.1, 0.15) is 0 Å². The van der Waals surface area contributed by atoms with Crippen molar-refractivity contribution in [3.8, 4) is 23.0 Å². The summed E-state index contributed by atoms with van der Waals surface area (Å²) in [5.74, 6) is 0.675. The first-order valence-corrected chi connectivity index (χ1v) is 15.5. The maximum absolute atomic E-state index is 11.7. The number of pyridine rings is 2. The zero-order valence-corrected chi connectivity index (χ0v) is 27.1. The molecule has 0 atom stereocenters. The van der Waals surface area contributed by atoms with Crippen LogP contribution in [0.5, 0.6) is 23.0 Å². The molecule has 2 amide bonds. The second-order valence-electron chi connectivity index (χ2n) is 7.80. The van der Waals surface area contributed by atoms with Crippen LogP contribution in [0.25, 0.3) is 0 Å². The Bertz CT molecular complexity index is 1470. The molecule has 0 bridgehead atoms. The first-order valence-electron chi connectivity index (χ1n) is 12.1. The van der Waals surface area contributed by atoms with Crippen LogP contribution in [0.3, 0.4) is 0 Å². The number of hydrazone groups is 2. The van der Waals surface area contributed by atoms with Crippen LogP contribution >= 0.6 is 0 Å². The van der Waals surface area contributed by atoms with Crippen molar-refractivity contribution in [3.63, 3.8) is 0 Å². The summed E-state index contributed by atoms with van der Waals surface area (Å²) in [6.45, 7) is 0. The van der Waals surface area contributed by atoms with Crippen LogP contribution in [0.2, 0.25) is 0 Å². The van der Waals surface area contributed by atoms with Gasteiger partial charge in [-0.3, -0.25) is 19.6 Å². The fourth-order valence-corrected chi connectivity index (χ4v) is 3.11. The molecule has 0 aliphatic rings. The van der Waals surface area contributed by atoms with Crippen molar-refractivity contribution < 1.29 is 61.6 Å². The van der Waals surface area contributed by atoms with Crippen LogP contribution < -0.4 is 20.3 Å². The van der Waals surface area contributed by atoms with Gasteiger partial charge in [0, 0.05) is 35.9 Å². The van der Waals surface area contributed by atoms with Crippen molar-refractivity contribution in [2.24, 2.45) is 10.2 Å². The number of nitrogens with zero attached hydrogens (tertiary/aromatic N) is 4. The number of hydrogen-bond donors (Lipinski definition) is 2. The van der Waals surface area contributed by atoms with E-state index in [0.29, 0.717) is 33.8 Å². The predicted octanol–water partition coefficient (Wildman–Crippen LogP) is 2.35. The molecule has 0 spiro atoms. The number of hydrogen-bond acceptors (Lipinski definition) is 10. The van der Waals surface area contributed by atoms with Gasteiger partial charge in [0.25, 0.3) is 11.8 Å². The van der Waals surface area contributed by atoms with Crippen LogP contribution in [0.15, 0.2) is 95.7 Å². The molecule has 0 radical (unpaired) electrons. The van der Waals surface area contributed by atoms with E-state index in [4.69, 9.17) is 24.2 Å². The number of carbonyl (C=O) groups is 2. The van der Waals surface area contributed by atoms with E-state index in [-0.39, 0.29) is 23.3 Å². The number of aromatic nitrogens is 2. The van der Waals surface area contributed by atoms with Crippen molar-refractivity contribution in [2.45, 2.75) is 0 Å². The molecule has 2 aromatic heterocycles. The van der Waals surface area contributed by atoms with Gasteiger partial charge in [-0.2, -0.15) is 10.2 Å². The van der Waals surface area contributed by atoms with Crippen LogP contribution in [0.1, 0.15) is 31.8 Å². The van der Waals surface area contributed by atoms with Crippen LogP contribution in [0, 0.1) is 27.8 Å². The molecule has 2 heterocycles. The third kappa shape index (κ3) is 11.3. The molecule has 6 N–H and O–H groups in total. The molecule has 0 unspecified atom stereocenters. The van der Waals surface area contributed by atoms with Gasteiger partial charge in [0.15, 0.2) is 0 Å². The number of rotatable bonds is 8. The number of amides is 2. The summed E-state index contributed by atoms with van der Waals surface area (Å²) in [6, 6.07) is 16.7. The Morgan fingerprint density at radius 2 is 1.05 bits per heavy atom. The number of para-hydroxylation sites is 2. The predicted molar refractivity (Wildman–Crippen MR) is 152 cm³/mol. The Balaban J connectivity index is 0.000000275. The van der Waals surface area contributed by atoms with Crippen molar-refractivity contribution in [1.82, 2.24) is 20.8 Å². The molecular weight excluding hydrogens is 786 g/mol. The normalized spacial score (nSPS) is 9.91. The summed E-state index contributed by atoms with van der Waals surface area (Å²) in [5.41, 5.74) is 6.82. The quantitative estimate of drug-likeness (QED) is 0.153. The third-order valence-corrected chi connectivity index (χ3v) is 5.18. The number of benzene rings is 2. The van der Waals surface area contributed by atoms with Crippen molar-refractivity contribution >= 4 is 24.2 Å². The maximum atomic E-state index is 11.7. The zero-order valence-electron chi connectivity index (χ0n) is 23.0. The number of methoxy groups -OCH3 is 2. The molecule has 4 rings (SSSR count). The molecule has 2 aromatic carbocycles. The monoisotopic (exact) mass is 814 g/mol. The fraction of sp³-hybridized carbons (Fsp3) is 0.0714. The molecule has 0 aliphatic heterocycles. The molecule has 220 valence electrons. The fourth-order valence-electron chi connectivity index (χ4n) is 3.11. The Morgan fingerprint density at radius 1 is 0.698 bits per heavy atom. The Morgan fingerprint density at radius 3 is 1.37 bits per heavy atom. The van der Waals surface area contributed by atoms with Gasteiger partial charge >= 0.3 is 43.8 Å². The first-order chi connectivity index (χ1) is 20.9. The van der Waals surface area contributed by atoms with Crippen LogP contribution in [-0.4, -0.2) is 58.6 Å². The standard InChI is InChI=1S/2C14H13N3O3.2O.U/c2*1-20-12-4-2-3-11(13(12)18)9-16-17-14(19)10-5-7-15-8-6-10;;;/h2*2-9,18H,1H3,(H,17,19);;;/p+2. The molecular formula is C28H28N6O8U+2. The van der Waals surface area contributed by atoms with Crippen LogP contribution in [-0.2, 0) is 4.47 Å². The minimum absolute atomic E-state index is 0.219. The molecule has 4 aromatic rings. The van der Waals surface area contributed by atoms with E-state index in [1.807, 2.05) is 0 Å². The summed E-state index contributed by atoms with van der Waals surface area (Å²) >= 11 is -2.51. The van der Waals surface area contributed by atoms with Crippen molar-refractivity contribution in [3.05, 3.63) is 108 Å². The Hall–Kier alpha value is -5.13. The summed E-state index contributed by atoms with van der Waals surface area (Å²) in [6.07, 6.45) is 8.93. The summed E-state index contributed by atoms with van der Waals surface area (Å²) < 4.78 is 27.2. The molecule has 14 nitrogen and oxygen atoms in total. The van der Waals surface area contributed by atoms with Crippen molar-refractivity contribution in [1.29, 1.82) is 0 Å². The third-order valence-electron chi connectivity index (χ3n) is 5.18. The summed E-state index contributed by atoms with van der Waals surface area (Å²) in [7, 11) is 3.00. The van der Waals surface area contributed by atoms with Gasteiger partial charge in [-0.15, -0.1) is 0 Å². The molecule has 0 saturated heterocycles. The van der Waals surface area contributed by atoms with E-state index < -0.39 is 27.8 Å². The number of carbonyl (C=O) groups excluding carboxylic acids is 2.